The first kappa shape index (κ1) is 21.1. The fourth-order valence-corrected chi connectivity index (χ4v) is 2.84. The number of amides is 2. The van der Waals surface area contributed by atoms with Crippen LogP contribution in [0.25, 0.3) is 0 Å². The van der Waals surface area contributed by atoms with Gasteiger partial charge in [-0.1, -0.05) is 53.0 Å². The summed E-state index contributed by atoms with van der Waals surface area (Å²) in [5, 5.41) is 5.57. The number of carbonyl (C=O) groups excluding carboxylic acids is 2. The minimum Gasteiger partial charge on any atom is -0.349 e. The molecule has 2 N–H and O–H groups in total. The predicted molar refractivity (Wildman–Crippen MR) is 101 cm³/mol. The summed E-state index contributed by atoms with van der Waals surface area (Å²) in [6.07, 6.45) is 6.09. The molecule has 5 nitrogen and oxygen atoms in total. The number of pyridine rings is 1. The number of nitrogens with zero attached hydrogens (tertiary/aromatic N) is 1. The molecule has 0 fully saturated rings. The lowest BCUT2D eigenvalue weighted by Crippen LogP contribution is -2.41. The third-order valence-electron chi connectivity index (χ3n) is 4.46. The van der Waals surface area contributed by atoms with Crippen LogP contribution in [0.15, 0.2) is 24.4 Å². The molecule has 0 saturated heterocycles. The minimum atomic E-state index is -0.194. The van der Waals surface area contributed by atoms with Gasteiger partial charge in [-0.3, -0.25) is 14.6 Å². The molecule has 0 bridgehead atoms. The van der Waals surface area contributed by atoms with Crippen molar-refractivity contribution in [3.63, 3.8) is 0 Å². The van der Waals surface area contributed by atoms with E-state index in [-0.39, 0.29) is 30.2 Å². The van der Waals surface area contributed by atoms with Crippen molar-refractivity contribution in [2.75, 3.05) is 6.54 Å². The highest BCUT2D eigenvalue weighted by Gasteiger charge is 2.24. The zero-order valence-electron chi connectivity index (χ0n) is 16.0. The second-order valence-electron chi connectivity index (χ2n) is 7.15. The zero-order valence-corrected chi connectivity index (χ0v) is 16.0. The first-order chi connectivity index (χ1) is 11.9. The Morgan fingerprint density at radius 1 is 1.16 bits per heavy atom. The Balaban J connectivity index is 2.39. The van der Waals surface area contributed by atoms with Gasteiger partial charge in [0.2, 0.25) is 11.8 Å². The second kappa shape index (κ2) is 11.6. The number of unbranched alkanes of at least 4 members (excludes halogenated alkanes) is 1. The molecule has 2 atom stereocenters. The monoisotopic (exact) mass is 347 g/mol. The molecule has 1 unspecified atom stereocenters. The molecule has 1 aromatic rings. The van der Waals surface area contributed by atoms with E-state index >= 15 is 0 Å². The maximum absolute atomic E-state index is 12.5. The molecule has 25 heavy (non-hydrogen) atoms. The molecule has 1 aromatic heterocycles. The van der Waals surface area contributed by atoms with Crippen molar-refractivity contribution in [3.05, 3.63) is 30.1 Å². The van der Waals surface area contributed by atoms with E-state index in [0.29, 0.717) is 12.5 Å². The average Bonchev–Trinajstić information content (AvgIpc) is 2.61. The van der Waals surface area contributed by atoms with Gasteiger partial charge in [-0.2, -0.15) is 0 Å². The van der Waals surface area contributed by atoms with Gasteiger partial charge < -0.3 is 10.6 Å². The lowest BCUT2D eigenvalue weighted by molar-refractivity contribution is -0.130. The lowest BCUT2D eigenvalue weighted by Gasteiger charge is -2.23. The van der Waals surface area contributed by atoms with Crippen molar-refractivity contribution < 1.29 is 9.59 Å². The van der Waals surface area contributed by atoms with Crippen LogP contribution in [0, 0.1) is 17.8 Å². The van der Waals surface area contributed by atoms with E-state index in [0.717, 1.165) is 18.5 Å². The summed E-state index contributed by atoms with van der Waals surface area (Å²) in [7, 11) is 0. The van der Waals surface area contributed by atoms with Crippen LogP contribution in [-0.4, -0.2) is 23.3 Å². The summed E-state index contributed by atoms with van der Waals surface area (Å²) < 4.78 is 0. The molecule has 0 aromatic carbocycles. The number of hydrogen-bond donors (Lipinski definition) is 2. The molecule has 0 aliphatic carbocycles. The number of hydrogen-bond acceptors (Lipinski definition) is 3. The highest BCUT2D eigenvalue weighted by atomic mass is 16.2. The van der Waals surface area contributed by atoms with E-state index in [1.54, 1.807) is 6.20 Å². The fraction of sp³-hybridized carbons (Fsp3) is 0.650. The molecule has 2 amide bonds. The largest absolute Gasteiger partial charge is 0.349 e. The smallest absolute Gasteiger partial charge is 0.239 e. The van der Waals surface area contributed by atoms with Crippen LogP contribution in [0.2, 0.25) is 0 Å². The van der Waals surface area contributed by atoms with Gasteiger partial charge in [-0.05, 0) is 30.4 Å². The Hall–Kier alpha value is -1.91. The van der Waals surface area contributed by atoms with Crippen LogP contribution in [0.3, 0.4) is 0 Å². The van der Waals surface area contributed by atoms with Gasteiger partial charge in [-0.15, -0.1) is 0 Å². The third-order valence-corrected chi connectivity index (χ3v) is 4.46. The van der Waals surface area contributed by atoms with Gasteiger partial charge in [0.1, 0.15) is 0 Å². The molecule has 140 valence electrons. The Morgan fingerprint density at radius 2 is 1.92 bits per heavy atom. The molecule has 0 saturated carbocycles. The molecule has 1 rings (SSSR count). The first-order valence-electron chi connectivity index (χ1n) is 9.38. The van der Waals surface area contributed by atoms with Crippen LogP contribution in [0.4, 0.5) is 0 Å². The molecule has 0 radical (unpaired) electrons. The highest BCUT2D eigenvalue weighted by molar-refractivity contribution is 5.85. The summed E-state index contributed by atoms with van der Waals surface area (Å²) >= 11 is 0. The van der Waals surface area contributed by atoms with Crippen LogP contribution in [0.5, 0.6) is 0 Å². The standard InChI is InChI=1S/C20H33N3O2/c1-5-6-9-16(4)12-18(15(2)3)20(25)23-14-19(24)22-13-17-10-7-8-11-21-17/h7-8,10-11,15-16,18H,5-6,9,12-14H2,1-4H3,(H,22,24)(H,23,25)/t16-,18?/m1/s1. The predicted octanol–water partition coefficient (Wildman–Crippen LogP) is 3.30. The molecular weight excluding hydrogens is 314 g/mol. The maximum Gasteiger partial charge on any atom is 0.239 e. The van der Waals surface area contributed by atoms with Crippen LogP contribution >= 0.6 is 0 Å². The average molecular weight is 348 g/mol. The topological polar surface area (TPSA) is 71.1 Å². The van der Waals surface area contributed by atoms with Crippen LogP contribution in [0.1, 0.15) is 59.1 Å². The summed E-state index contributed by atoms with van der Waals surface area (Å²) in [4.78, 5) is 28.5. The van der Waals surface area contributed by atoms with E-state index in [9.17, 15) is 9.59 Å². The SMILES string of the molecule is CCCC[C@@H](C)CC(C(=O)NCC(=O)NCc1ccccn1)C(C)C. The maximum atomic E-state index is 12.5. The zero-order chi connectivity index (χ0) is 18.7. The van der Waals surface area contributed by atoms with Gasteiger partial charge >= 0.3 is 0 Å². The van der Waals surface area contributed by atoms with E-state index in [1.165, 1.54) is 12.8 Å². The second-order valence-corrected chi connectivity index (χ2v) is 7.15. The fourth-order valence-electron chi connectivity index (χ4n) is 2.84. The van der Waals surface area contributed by atoms with Crippen molar-refractivity contribution >= 4 is 11.8 Å². The summed E-state index contributed by atoms with van der Waals surface area (Å²) in [5.74, 6) is 0.527. The van der Waals surface area contributed by atoms with Gasteiger partial charge in [-0.25, -0.2) is 0 Å². The Kier molecular flexibility index (Phi) is 9.81. The van der Waals surface area contributed by atoms with E-state index < -0.39 is 0 Å². The first-order valence-corrected chi connectivity index (χ1v) is 9.38. The summed E-state index contributed by atoms with van der Waals surface area (Å²) in [6, 6.07) is 5.56. The number of aromatic nitrogens is 1. The Morgan fingerprint density at radius 3 is 2.52 bits per heavy atom. The van der Waals surface area contributed by atoms with Crippen LogP contribution < -0.4 is 10.6 Å². The summed E-state index contributed by atoms with van der Waals surface area (Å²) in [5.41, 5.74) is 0.798. The third kappa shape index (κ3) is 8.66. The van der Waals surface area contributed by atoms with Crippen molar-refractivity contribution in [3.8, 4) is 0 Å². The number of nitrogens with one attached hydrogen (secondary N) is 2. The lowest BCUT2D eigenvalue weighted by atomic mass is 9.84. The molecule has 0 aliphatic heterocycles. The van der Waals surface area contributed by atoms with Crippen LogP contribution in [-0.2, 0) is 16.1 Å². The Labute approximate surface area is 152 Å². The molecule has 0 spiro atoms. The van der Waals surface area contributed by atoms with Gasteiger partial charge in [0.05, 0.1) is 18.8 Å². The van der Waals surface area contributed by atoms with Crippen molar-refractivity contribution in [1.82, 2.24) is 15.6 Å². The van der Waals surface area contributed by atoms with Crippen molar-refractivity contribution in [1.29, 1.82) is 0 Å². The molecule has 5 heteroatoms. The van der Waals surface area contributed by atoms with E-state index in [4.69, 9.17) is 0 Å². The quantitative estimate of drug-likeness (QED) is 0.645. The summed E-state index contributed by atoms with van der Waals surface area (Å²) in [6.45, 7) is 8.91. The normalized spacial score (nSPS) is 13.3. The highest BCUT2D eigenvalue weighted by Crippen LogP contribution is 2.23. The van der Waals surface area contributed by atoms with E-state index in [2.05, 4.69) is 43.3 Å². The van der Waals surface area contributed by atoms with Crippen molar-refractivity contribution in [2.24, 2.45) is 17.8 Å². The molecule has 1 heterocycles. The van der Waals surface area contributed by atoms with Gasteiger partial charge in [0.25, 0.3) is 0 Å². The molecule has 0 aliphatic rings. The Bertz CT molecular complexity index is 517. The van der Waals surface area contributed by atoms with Crippen molar-refractivity contribution in [2.45, 2.75) is 59.9 Å². The minimum absolute atomic E-state index is 0.0121. The number of carbonyl (C=O) groups is 2. The number of rotatable bonds is 11. The molecular formula is C20H33N3O2. The van der Waals surface area contributed by atoms with Gasteiger partial charge in [0, 0.05) is 12.1 Å². The van der Waals surface area contributed by atoms with Gasteiger partial charge in [0.15, 0.2) is 0 Å². The van der Waals surface area contributed by atoms with E-state index in [1.807, 2.05) is 18.2 Å².